The van der Waals surface area contributed by atoms with Crippen molar-refractivity contribution in [2.45, 2.75) is 32.5 Å². The van der Waals surface area contributed by atoms with E-state index in [9.17, 15) is 13.2 Å². The highest BCUT2D eigenvalue weighted by Crippen LogP contribution is 2.14. The molecule has 8 heteroatoms. The van der Waals surface area contributed by atoms with Gasteiger partial charge in [0.1, 0.15) is 18.2 Å². The second kappa shape index (κ2) is 8.78. The summed E-state index contributed by atoms with van der Waals surface area (Å²) in [6.45, 7) is 1.76. The van der Waals surface area contributed by atoms with E-state index >= 15 is 0 Å². The largest absolute Gasteiger partial charge is 0.411 e. The summed E-state index contributed by atoms with van der Waals surface area (Å²) in [4.78, 5) is 8.48. The Morgan fingerprint density at radius 2 is 2.05 bits per heavy atom. The van der Waals surface area contributed by atoms with Gasteiger partial charge in [-0.15, -0.1) is 0 Å². The van der Waals surface area contributed by atoms with Gasteiger partial charge in [-0.3, -0.25) is 0 Å². The average molecular weight is 307 g/mol. The van der Waals surface area contributed by atoms with Crippen LogP contribution in [-0.2, 0) is 22.5 Å². The van der Waals surface area contributed by atoms with Crippen molar-refractivity contribution in [1.29, 1.82) is 0 Å². The maximum absolute atomic E-state index is 12.0. The van der Waals surface area contributed by atoms with Crippen LogP contribution in [0.2, 0.25) is 0 Å². The molecule has 0 aliphatic carbocycles. The molecule has 0 aromatic carbocycles. The maximum Gasteiger partial charge on any atom is 0.411 e. The fraction of sp³-hybridized carbons (Fsp3) is 0.692. The Hall–Kier alpha value is -1.41. The van der Waals surface area contributed by atoms with Gasteiger partial charge in [-0.05, 0) is 6.42 Å². The summed E-state index contributed by atoms with van der Waals surface area (Å²) >= 11 is 0. The number of nitrogens with zero attached hydrogens (tertiary/aromatic N) is 2. The molecule has 5 nitrogen and oxygen atoms in total. The molecule has 1 N–H and O–H groups in total. The SMILES string of the molecule is CCCNc1cc(COC)nc(CCOCC(F)(F)F)n1. The number of anilines is 1. The van der Waals surface area contributed by atoms with Crippen molar-refractivity contribution in [3.8, 4) is 0 Å². The molecule has 0 unspecified atom stereocenters. The van der Waals surface area contributed by atoms with Crippen molar-refractivity contribution in [1.82, 2.24) is 9.97 Å². The zero-order chi connectivity index (χ0) is 15.7. The summed E-state index contributed by atoms with van der Waals surface area (Å²) < 4.78 is 45.5. The van der Waals surface area contributed by atoms with Crippen LogP contribution in [-0.4, -0.2) is 43.0 Å². The lowest BCUT2D eigenvalue weighted by atomic mass is 10.3. The Labute approximate surface area is 121 Å². The molecule has 0 saturated heterocycles. The summed E-state index contributed by atoms with van der Waals surface area (Å²) in [5.74, 6) is 1.08. The molecule has 0 fully saturated rings. The van der Waals surface area contributed by atoms with E-state index in [0.29, 0.717) is 23.9 Å². The zero-order valence-corrected chi connectivity index (χ0v) is 12.2. The van der Waals surface area contributed by atoms with Crippen molar-refractivity contribution in [2.24, 2.45) is 0 Å². The molecule has 0 saturated carbocycles. The van der Waals surface area contributed by atoms with Crippen LogP contribution in [0.4, 0.5) is 19.0 Å². The van der Waals surface area contributed by atoms with Gasteiger partial charge in [0.05, 0.1) is 18.9 Å². The van der Waals surface area contributed by atoms with Gasteiger partial charge in [0.15, 0.2) is 0 Å². The summed E-state index contributed by atoms with van der Waals surface area (Å²) in [5, 5.41) is 3.12. The van der Waals surface area contributed by atoms with Crippen LogP contribution in [0.3, 0.4) is 0 Å². The van der Waals surface area contributed by atoms with Gasteiger partial charge >= 0.3 is 6.18 Å². The highest BCUT2D eigenvalue weighted by molar-refractivity contribution is 5.35. The lowest BCUT2D eigenvalue weighted by Crippen LogP contribution is -2.18. The first kappa shape index (κ1) is 17.6. The monoisotopic (exact) mass is 307 g/mol. The van der Waals surface area contributed by atoms with E-state index in [1.807, 2.05) is 6.92 Å². The van der Waals surface area contributed by atoms with Crippen molar-refractivity contribution >= 4 is 5.82 Å². The number of ether oxygens (including phenoxy) is 2. The van der Waals surface area contributed by atoms with E-state index in [2.05, 4.69) is 20.0 Å². The predicted molar refractivity (Wildman–Crippen MR) is 72.1 cm³/mol. The molecule has 0 radical (unpaired) electrons. The Morgan fingerprint density at radius 1 is 1.29 bits per heavy atom. The second-order valence-corrected chi connectivity index (χ2v) is 4.44. The number of hydrogen-bond donors (Lipinski definition) is 1. The molecular formula is C13H20F3N3O2. The third kappa shape index (κ3) is 7.81. The summed E-state index contributed by atoms with van der Waals surface area (Å²) in [5.41, 5.74) is 0.678. The summed E-state index contributed by atoms with van der Waals surface area (Å²) in [7, 11) is 1.55. The molecule has 0 amide bonds. The number of methoxy groups -OCH3 is 1. The van der Waals surface area contributed by atoms with Crippen molar-refractivity contribution in [3.63, 3.8) is 0 Å². The third-order valence-electron chi connectivity index (χ3n) is 2.41. The molecule has 1 aromatic heterocycles. The van der Waals surface area contributed by atoms with Crippen molar-refractivity contribution in [3.05, 3.63) is 17.6 Å². The smallest absolute Gasteiger partial charge is 0.378 e. The number of alkyl halides is 3. The van der Waals surface area contributed by atoms with Crippen LogP contribution in [0, 0.1) is 0 Å². The highest BCUT2D eigenvalue weighted by Gasteiger charge is 2.27. The predicted octanol–water partition coefficient (Wildman–Crippen LogP) is 2.57. The Morgan fingerprint density at radius 3 is 2.67 bits per heavy atom. The van der Waals surface area contributed by atoms with Gasteiger partial charge in [0.2, 0.25) is 0 Å². The molecule has 0 aliphatic rings. The number of hydrogen-bond acceptors (Lipinski definition) is 5. The van der Waals surface area contributed by atoms with Gasteiger partial charge in [-0.2, -0.15) is 13.2 Å². The van der Waals surface area contributed by atoms with Crippen molar-refractivity contribution < 1.29 is 22.6 Å². The molecule has 120 valence electrons. The molecule has 0 atom stereocenters. The average Bonchev–Trinajstić information content (AvgIpc) is 2.41. The van der Waals surface area contributed by atoms with Crippen LogP contribution >= 0.6 is 0 Å². The van der Waals surface area contributed by atoms with Gasteiger partial charge in [0.25, 0.3) is 0 Å². The van der Waals surface area contributed by atoms with Crippen LogP contribution in [0.25, 0.3) is 0 Å². The quantitative estimate of drug-likeness (QED) is 0.711. The Balaban J connectivity index is 2.60. The standard InChI is InChI=1S/C13H20F3N3O2/c1-3-5-17-12-7-10(8-20-2)18-11(19-12)4-6-21-9-13(14,15)16/h7H,3-6,8-9H2,1-2H3,(H,17,18,19). The molecule has 1 heterocycles. The fourth-order valence-electron chi connectivity index (χ4n) is 1.58. The molecule has 0 spiro atoms. The molecular weight excluding hydrogens is 287 g/mol. The fourth-order valence-corrected chi connectivity index (χ4v) is 1.58. The molecule has 1 rings (SSSR count). The number of nitrogens with one attached hydrogen (secondary N) is 1. The van der Waals surface area contributed by atoms with Gasteiger partial charge < -0.3 is 14.8 Å². The van der Waals surface area contributed by atoms with Crippen LogP contribution in [0.15, 0.2) is 6.07 Å². The maximum atomic E-state index is 12.0. The van der Waals surface area contributed by atoms with E-state index in [-0.39, 0.29) is 13.0 Å². The minimum atomic E-state index is -4.31. The van der Waals surface area contributed by atoms with E-state index in [1.54, 1.807) is 13.2 Å². The number of aromatic nitrogens is 2. The van der Waals surface area contributed by atoms with Gasteiger partial charge in [-0.25, -0.2) is 9.97 Å². The Bertz CT molecular complexity index is 428. The van der Waals surface area contributed by atoms with E-state index in [0.717, 1.165) is 13.0 Å². The lowest BCUT2D eigenvalue weighted by molar-refractivity contribution is -0.173. The Kier molecular flexibility index (Phi) is 7.38. The first-order valence-corrected chi connectivity index (χ1v) is 6.68. The molecule has 1 aromatic rings. The van der Waals surface area contributed by atoms with Crippen LogP contribution in [0.5, 0.6) is 0 Å². The second-order valence-electron chi connectivity index (χ2n) is 4.44. The topological polar surface area (TPSA) is 56.3 Å². The van der Waals surface area contributed by atoms with Crippen LogP contribution < -0.4 is 5.32 Å². The first-order chi connectivity index (χ1) is 9.94. The van der Waals surface area contributed by atoms with Crippen molar-refractivity contribution in [2.75, 3.05) is 32.2 Å². The minimum absolute atomic E-state index is 0.0802. The summed E-state index contributed by atoms with van der Waals surface area (Å²) in [6.07, 6.45) is -3.16. The summed E-state index contributed by atoms with van der Waals surface area (Å²) in [6, 6.07) is 1.76. The van der Waals surface area contributed by atoms with Gasteiger partial charge in [-0.1, -0.05) is 6.92 Å². The minimum Gasteiger partial charge on any atom is -0.378 e. The number of halogens is 3. The van der Waals surface area contributed by atoms with Crippen LogP contribution in [0.1, 0.15) is 24.9 Å². The zero-order valence-electron chi connectivity index (χ0n) is 12.2. The third-order valence-corrected chi connectivity index (χ3v) is 2.41. The van der Waals surface area contributed by atoms with E-state index in [4.69, 9.17) is 4.74 Å². The molecule has 0 bridgehead atoms. The first-order valence-electron chi connectivity index (χ1n) is 6.68. The van der Waals surface area contributed by atoms with Gasteiger partial charge in [0, 0.05) is 26.1 Å². The molecule has 21 heavy (non-hydrogen) atoms. The lowest BCUT2D eigenvalue weighted by Gasteiger charge is -2.10. The number of rotatable bonds is 9. The van der Waals surface area contributed by atoms with E-state index < -0.39 is 12.8 Å². The normalized spacial score (nSPS) is 11.7. The molecule has 0 aliphatic heterocycles. The van der Waals surface area contributed by atoms with E-state index in [1.165, 1.54) is 0 Å². The highest BCUT2D eigenvalue weighted by atomic mass is 19.4.